The molecule has 0 aromatic rings. The predicted octanol–water partition coefficient (Wildman–Crippen LogP) is -0.220. The molecule has 0 aliphatic carbocycles. The smallest absolute Gasteiger partial charge is 0.191 e. The van der Waals surface area contributed by atoms with Gasteiger partial charge >= 0.3 is 0 Å². The summed E-state index contributed by atoms with van der Waals surface area (Å²) in [5, 5.41) is 0. The summed E-state index contributed by atoms with van der Waals surface area (Å²) < 4.78 is 4.66. The Morgan fingerprint density at radius 1 is 1.62 bits per heavy atom. The molecule has 0 unspecified atom stereocenters. The second-order valence-electron chi connectivity index (χ2n) is 1.78. The monoisotopic (exact) mass is 116 g/mol. The number of nitrogens with two attached hydrogens (primary N) is 2. The SMILES string of the molecule is C=C(C)C(N)(N)OC. The van der Waals surface area contributed by atoms with E-state index in [1.165, 1.54) is 7.11 Å². The summed E-state index contributed by atoms with van der Waals surface area (Å²) in [5.74, 6) is -1.15. The number of ether oxygens (including phenoxy) is 1. The normalized spacial score (nSPS) is 11.5. The Morgan fingerprint density at radius 2 is 2.00 bits per heavy atom. The second kappa shape index (κ2) is 2.26. The van der Waals surface area contributed by atoms with Crippen molar-refractivity contribution in [3.8, 4) is 0 Å². The zero-order chi connectivity index (χ0) is 6.78. The molecule has 0 spiro atoms. The van der Waals surface area contributed by atoms with E-state index in [0.29, 0.717) is 5.57 Å². The Balaban J connectivity index is 3.91. The highest BCUT2D eigenvalue weighted by Gasteiger charge is 2.17. The van der Waals surface area contributed by atoms with Gasteiger partial charge in [0.25, 0.3) is 0 Å². The van der Waals surface area contributed by atoms with Crippen LogP contribution >= 0.6 is 0 Å². The number of methoxy groups -OCH3 is 1. The summed E-state index contributed by atoms with van der Waals surface area (Å²) in [4.78, 5) is 0. The first-order chi connectivity index (χ1) is 3.50. The maximum Gasteiger partial charge on any atom is 0.191 e. The van der Waals surface area contributed by atoms with Crippen molar-refractivity contribution in [3.63, 3.8) is 0 Å². The van der Waals surface area contributed by atoms with Crippen molar-refractivity contribution in [2.75, 3.05) is 7.11 Å². The molecule has 0 aliphatic heterocycles. The van der Waals surface area contributed by atoms with Crippen LogP contribution in [0.25, 0.3) is 0 Å². The van der Waals surface area contributed by atoms with Gasteiger partial charge in [0.05, 0.1) is 0 Å². The molecule has 0 amide bonds. The number of rotatable bonds is 2. The van der Waals surface area contributed by atoms with Crippen LogP contribution in [0.5, 0.6) is 0 Å². The molecule has 0 saturated carbocycles. The molecular weight excluding hydrogens is 104 g/mol. The van der Waals surface area contributed by atoms with Crippen molar-refractivity contribution in [3.05, 3.63) is 12.2 Å². The third-order valence-corrected chi connectivity index (χ3v) is 1.00. The first-order valence-corrected chi connectivity index (χ1v) is 2.29. The van der Waals surface area contributed by atoms with E-state index in [1.807, 2.05) is 0 Å². The van der Waals surface area contributed by atoms with Gasteiger partial charge in [-0.15, -0.1) is 0 Å². The predicted molar refractivity (Wildman–Crippen MR) is 32.9 cm³/mol. The second-order valence-corrected chi connectivity index (χ2v) is 1.78. The maximum absolute atomic E-state index is 5.31. The Hall–Kier alpha value is -0.380. The summed E-state index contributed by atoms with van der Waals surface area (Å²) in [6.45, 7) is 5.23. The van der Waals surface area contributed by atoms with Gasteiger partial charge in [0, 0.05) is 7.11 Å². The van der Waals surface area contributed by atoms with Gasteiger partial charge in [0.1, 0.15) is 0 Å². The van der Waals surface area contributed by atoms with Crippen molar-refractivity contribution in [1.82, 2.24) is 0 Å². The van der Waals surface area contributed by atoms with Crippen LogP contribution in [0.4, 0.5) is 0 Å². The van der Waals surface area contributed by atoms with Crippen molar-refractivity contribution in [1.29, 1.82) is 0 Å². The highest BCUT2D eigenvalue weighted by molar-refractivity contribution is 5.02. The molecule has 0 rings (SSSR count). The summed E-state index contributed by atoms with van der Waals surface area (Å²) >= 11 is 0. The summed E-state index contributed by atoms with van der Waals surface area (Å²) in [5.41, 5.74) is 11.2. The van der Waals surface area contributed by atoms with E-state index in [-0.39, 0.29) is 0 Å². The van der Waals surface area contributed by atoms with E-state index in [1.54, 1.807) is 6.92 Å². The quantitative estimate of drug-likeness (QED) is 0.387. The lowest BCUT2D eigenvalue weighted by molar-refractivity contribution is 0.0336. The van der Waals surface area contributed by atoms with Gasteiger partial charge < -0.3 is 4.74 Å². The van der Waals surface area contributed by atoms with Crippen molar-refractivity contribution < 1.29 is 4.74 Å². The molecule has 3 heteroatoms. The topological polar surface area (TPSA) is 61.3 Å². The molecule has 4 N–H and O–H groups in total. The molecule has 0 heterocycles. The molecule has 8 heavy (non-hydrogen) atoms. The molecule has 0 saturated heterocycles. The molecule has 0 radical (unpaired) electrons. The largest absolute Gasteiger partial charge is 0.347 e. The Morgan fingerprint density at radius 3 is 2.00 bits per heavy atom. The van der Waals surface area contributed by atoms with Gasteiger partial charge in [-0.05, 0) is 12.5 Å². The lowest BCUT2D eigenvalue weighted by Gasteiger charge is -2.21. The minimum atomic E-state index is -1.15. The van der Waals surface area contributed by atoms with Gasteiger partial charge in [-0.25, -0.2) is 0 Å². The van der Waals surface area contributed by atoms with Crippen LogP contribution < -0.4 is 11.5 Å². The molecule has 0 bridgehead atoms. The fraction of sp³-hybridized carbons (Fsp3) is 0.600. The standard InChI is InChI=1S/C5H12N2O/c1-4(2)5(6,7)8-3/h1,6-7H2,2-3H3. The molecular formula is C5H12N2O. The van der Waals surface area contributed by atoms with Crippen molar-refractivity contribution >= 4 is 0 Å². The Kier molecular flexibility index (Phi) is 2.15. The Labute approximate surface area is 49.3 Å². The highest BCUT2D eigenvalue weighted by Crippen LogP contribution is 2.02. The molecule has 0 aliphatic rings. The van der Waals surface area contributed by atoms with Crippen LogP contribution in [-0.2, 0) is 4.74 Å². The first-order valence-electron chi connectivity index (χ1n) is 2.29. The van der Waals surface area contributed by atoms with Gasteiger partial charge in [-0.1, -0.05) is 6.58 Å². The third-order valence-electron chi connectivity index (χ3n) is 1.00. The van der Waals surface area contributed by atoms with E-state index >= 15 is 0 Å². The third kappa shape index (κ3) is 1.61. The number of hydrogen-bond acceptors (Lipinski definition) is 3. The van der Waals surface area contributed by atoms with E-state index in [0.717, 1.165) is 0 Å². The lowest BCUT2D eigenvalue weighted by atomic mass is 10.2. The number of hydrogen-bond donors (Lipinski definition) is 2. The van der Waals surface area contributed by atoms with Crippen LogP contribution in [0, 0.1) is 0 Å². The van der Waals surface area contributed by atoms with Gasteiger partial charge in [-0.2, -0.15) is 0 Å². The van der Waals surface area contributed by atoms with Crippen molar-refractivity contribution in [2.45, 2.75) is 12.8 Å². The van der Waals surface area contributed by atoms with Gasteiger partial charge in [-0.3, -0.25) is 11.5 Å². The average Bonchev–Trinajstić information content (AvgIpc) is 1.67. The fourth-order valence-electron chi connectivity index (χ4n) is 0.174. The summed E-state index contributed by atoms with van der Waals surface area (Å²) in [7, 11) is 1.44. The minimum absolute atomic E-state index is 0.611. The summed E-state index contributed by atoms with van der Waals surface area (Å²) in [6.07, 6.45) is 0. The van der Waals surface area contributed by atoms with Crippen LogP contribution in [0.2, 0.25) is 0 Å². The highest BCUT2D eigenvalue weighted by atomic mass is 16.5. The first kappa shape index (κ1) is 7.62. The fourth-order valence-corrected chi connectivity index (χ4v) is 0.174. The van der Waals surface area contributed by atoms with Crippen molar-refractivity contribution in [2.24, 2.45) is 11.5 Å². The molecule has 0 atom stereocenters. The average molecular weight is 116 g/mol. The molecule has 0 aromatic carbocycles. The van der Waals surface area contributed by atoms with Crippen LogP contribution in [0.15, 0.2) is 12.2 Å². The minimum Gasteiger partial charge on any atom is -0.347 e. The zero-order valence-electron chi connectivity index (χ0n) is 5.27. The molecule has 0 fully saturated rings. The lowest BCUT2D eigenvalue weighted by Crippen LogP contribution is -2.51. The Bertz CT molecular complexity index is 98.6. The van der Waals surface area contributed by atoms with E-state index in [9.17, 15) is 0 Å². The molecule has 48 valence electrons. The van der Waals surface area contributed by atoms with Crippen LogP contribution in [-0.4, -0.2) is 13.0 Å². The van der Waals surface area contributed by atoms with Crippen LogP contribution in [0.3, 0.4) is 0 Å². The summed E-state index contributed by atoms with van der Waals surface area (Å²) in [6, 6.07) is 0. The maximum atomic E-state index is 5.31. The van der Waals surface area contributed by atoms with Crippen LogP contribution in [0.1, 0.15) is 6.92 Å². The van der Waals surface area contributed by atoms with E-state index < -0.39 is 5.85 Å². The zero-order valence-corrected chi connectivity index (χ0v) is 5.27. The van der Waals surface area contributed by atoms with E-state index in [4.69, 9.17) is 11.5 Å². The van der Waals surface area contributed by atoms with Gasteiger partial charge in [0.2, 0.25) is 0 Å². The van der Waals surface area contributed by atoms with Gasteiger partial charge in [0.15, 0.2) is 5.85 Å². The molecule has 0 aromatic heterocycles. The molecule has 3 nitrogen and oxygen atoms in total. The van der Waals surface area contributed by atoms with E-state index in [2.05, 4.69) is 11.3 Å².